The van der Waals surface area contributed by atoms with Crippen molar-refractivity contribution in [1.82, 2.24) is 9.80 Å². The molecule has 2 amide bonds. The monoisotopic (exact) mass is 374 g/mol. The topological polar surface area (TPSA) is 63.0 Å². The number of hydrogen-bond donors (Lipinski definition) is 0. The van der Waals surface area contributed by atoms with Crippen LogP contribution in [-0.4, -0.2) is 60.2 Å². The third kappa shape index (κ3) is 4.22. The lowest BCUT2D eigenvalue weighted by Gasteiger charge is -2.35. The Labute approximate surface area is 157 Å². The molecule has 1 aromatic carbocycles. The molecule has 0 radical (unpaired) electrons. The van der Waals surface area contributed by atoms with Crippen LogP contribution in [0.4, 0.5) is 0 Å². The van der Waals surface area contributed by atoms with Gasteiger partial charge in [0.1, 0.15) is 5.75 Å². The number of ether oxygens (including phenoxy) is 1. The molecule has 26 heavy (non-hydrogen) atoms. The number of thioether (sulfide) groups is 1. The number of piperazine rings is 1. The largest absolute Gasteiger partial charge is 0.497 e. The molecule has 7 heteroatoms. The summed E-state index contributed by atoms with van der Waals surface area (Å²) in [5, 5.41) is -0.185. The number of rotatable bonds is 5. The Morgan fingerprint density at radius 3 is 2.31 bits per heavy atom. The average molecular weight is 374 g/mol. The highest BCUT2D eigenvalue weighted by molar-refractivity contribution is 8.00. The lowest BCUT2D eigenvalue weighted by atomic mass is 10.2. The summed E-state index contributed by atoms with van der Waals surface area (Å²) in [6.07, 6.45) is 1.49. The molecular formula is C19H22N2O4S. The summed E-state index contributed by atoms with van der Waals surface area (Å²) in [5.41, 5.74) is 0. The molecule has 138 valence electrons. The SMILES string of the molecule is COc1ccc(SC(C)C(=O)N2CCN(C(=O)c3ccco3)CC2)cc1. The summed E-state index contributed by atoms with van der Waals surface area (Å²) >= 11 is 1.53. The summed E-state index contributed by atoms with van der Waals surface area (Å²) in [6, 6.07) is 11.0. The number of carbonyl (C=O) groups excluding carboxylic acids is 2. The number of nitrogens with zero attached hydrogens (tertiary/aromatic N) is 2. The number of methoxy groups -OCH3 is 1. The summed E-state index contributed by atoms with van der Waals surface area (Å²) in [7, 11) is 1.63. The molecule has 2 heterocycles. The minimum atomic E-state index is -0.185. The van der Waals surface area contributed by atoms with E-state index in [9.17, 15) is 9.59 Å². The van der Waals surface area contributed by atoms with Crippen LogP contribution in [0.25, 0.3) is 0 Å². The fourth-order valence-corrected chi connectivity index (χ4v) is 3.80. The maximum Gasteiger partial charge on any atom is 0.289 e. The zero-order valence-corrected chi connectivity index (χ0v) is 15.7. The smallest absolute Gasteiger partial charge is 0.289 e. The van der Waals surface area contributed by atoms with Crippen LogP contribution in [0.1, 0.15) is 17.5 Å². The van der Waals surface area contributed by atoms with Crippen molar-refractivity contribution in [3.05, 3.63) is 48.4 Å². The minimum Gasteiger partial charge on any atom is -0.497 e. The van der Waals surface area contributed by atoms with Crippen molar-refractivity contribution in [2.45, 2.75) is 17.1 Å². The van der Waals surface area contributed by atoms with Crippen molar-refractivity contribution < 1.29 is 18.7 Å². The van der Waals surface area contributed by atoms with E-state index >= 15 is 0 Å². The fraction of sp³-hybridized carbons (Fsp3) is 0.368. The number of amides is 2. The van der Waals surface area contributed by atoms with E-state index < -0.39 is 0 Å². The second kappa shape index (κ2) is 8.31. The van der Waals surface area contributed by atoms with Crippen molar-refractivity contribution in [3.8, 4) is 5.75 Å². The lowest BCUT2D eigenvalue weighted by molar-refractivity contribution is -0.131. The lowest BCUT2D eigenvalue weighted by Crippen LogP contribution is -2.52. The first kappa shape index (κ1) is 18.4. The van der Waals surface area contributed by atoms with Gasteiger partial charge in [0.05, 0.1) is 18.6 Å². The molecule has 1 fully saturated rings. The molecule has 6 nitrogen and oxygen atoms in total. The standard InChI is InChI=1S/C19H22N2O4S/c1-14(26-16-7-5-15(24-2)6-8-16)18(22)20-9-11-21(12-10-20)19(23)17-4-3-13-25-17/h3-8,13-14H,9-12H2,1-2H3. The maximum absolute atomic E-state index is 12.7. The Morgan fingerprint density at radius 2 is 1.73 bits per heavy atom. The molecule has 1 atom stereocenters. The van der Waals surface area contributed by atoms with E-state index in [0.717, 1.165) is 10.6 Å². The van der Waals surface area contributed by atoms with E-state index in [-0.39, 0.29) is 17.1 Å². The summed E-state index contributed by atoms with van der Waals surface area (Å²) in [5.74, 6) is 1.11. The predicted molar refractivity (Wildman–Crippen MR) is 99.5 cm³/mol. The highest BCUT2D eigenvalue weighted by Crippen LogP contribution is 2.26. The predicted octanol–water partition coefficient (Wildman–Crippen LogP) is 2.75. The molecule has 1 unspecified atom stereocenters. The van der Waals surface area contributed by atoms with Crippen LogP contribution in [-0.2, 0) is 4.79 Å². The second-order valence-corrected chi connectivity index (χ2v) is 7.44. The van der Waals surface area contributed by atoms with E-state index in [0.29, 0.717) is 31.9 Å². The van der Waals surface area contributed by atoms with Gasteiger partial charge in [-0.2, -0.15) is 0 Å². The van der Waals surface area contributed by atoms with Gasteiger partial charge in [0.25, 0.3) is 5.91 Å². The number of hydrogen-bond acceptors (Lipinski definition) is 5. The molecule has 3 rings (SSSR count). The summed E-state index contributed by atoms with van der Waals surface area (Å²) in [6.45, 7) is 4.03. The average Bonchev–Trinajstić information content (AvgIpc) is 3.22. The van der Waals surface area contributed by atoms with Gasteiger partial charge in [0.2, 0.25) is 5.91 Å². The highest BCUT2D eigenvalue weighted by atomic mass is 32.2. The Kier molecular flexibility index (Phi) is 5.88. The van der Waals surface area contributed by atoms with Gasteiger partial charge < -0.3 is 19.0 Å². The molecule has 0 aliphatic carbocycles. The second-order valence-electron chi connectivity index (χ2n) is 6.03. The Bertz CT molecular complexity index is 737. The van der Waals surface area contributed by atoms with Crippen LogP contribution >= 0.6 is 11.8 Å². The Morgan fingerprint density at radius 1 is 1.08 bits per heavy atom. The fourth-order valence-electron chi connectivity index (χ4n) is 2.85. The van der Waals surface area contributed by atoms with E-state index in [4.69, 9.17) is 9.15 Å². The zero-order chi connectivity index (χ0) is 18.5. The number of furan rings is 1. The molecule has 2 aromatic rings. The van der Waals surface area contributed by atoms with Crippen molar-refractivity contribution in [1.29, 1.82) is 0 Å². The van der Waals surface area contributed by atoms with E-state index in [2.05, 4.69) is 0 Å². The zero-order valence-electron chi connectivity index (χ0n) is 14.9. The van der Waals surface area contributed by atoms with Crippen molar-refractivity contribution in [3.63, 3.8) is 0 Å². The first-order valence-corrected chi connectivity index (χ1v) is 9.38. The third-order valence-corrected chi connectivity index (χ3v) is 5.43. The first-order chi connectivity index (χ1) is 12.6. The van der Waals surface area contributed by atoms with Gasteiger partial charge in [-0.3, -0.25) is 9.59 Å². The third-order valence-electron chi connectivity index (χ3n) is 4.33. The van der Waals surface area contributed by atoms with Crippen LogP contribution in [0.15, 0.2) is 52.0 Å². The van der Waals surface area contributed by atoms with Gasteiger partial charge in [0.15, 0.2) is 5.76 Å². The Balaban J connectivity index is 1.51. The summed E-state index contributed by atoms with van der Waals surface area (Å²) < 4.78 is 10.3. The van der Waals surface area contributed by atoms with Crippen LogP contribution in [0, 0.1) is 0 Å². The molecule has 0 bridgehead atoms. The van der Waals surface area contributed by atoms with E-state index in [1.807, 2.05) is 36.1 Å². The van der Waals surface area contributed by atoms with Gasteiger partial charge in [-0.1, -0.05) is 0 Å². The molecule has 1 aromatic heterocycles. The van der Waals surface area contributed by atoms with Gasteiger partial charge in [-0.15, -0.1) is 11.8 Å². The maximum atomic E-state index is 12.7. The van der Waals surface area contributed by atoms with Gasteiger partial charge in [-0.25, -0.2) is 0 Å². The van der Waals surface area contributed by atoms with Gasteiger partial charge in [0, 0.05) is 31.1 Å². The van der Waals surface area contributed by atoms with Gasteiger partial charge >= 0.3 is 0 Å². The Hall–Kier alpha value is -2.41. The minimum absolute atomic E-state index is 0.0934. The molecule has 1 aliphatic heterocycles. The summed E-state index contributed by atoms with van der Waals surface area (Å²) in [4.78, 5) is 29.5. The van der Waals surface area contributed by atoms with Crippen LogP contribution in [0.3, 0.4) is 0 Å². The highest BCUT2D eigenvalue weighted by Gasteiger charge is 2.28. The van der Waals surface area contributed by atoms with E-state index in [1.54, 1.807) is 24.1 Å². The van der Waals surface area contributed by atoms with Crippen molar-refractivity contribution in [2.75, 3.05) is 33.3 Å². The van der Waals surface area contributed by atoms with Crippen LogP contribution in [0.5, 0.6) is 5.75 Å². The molecule has 1 aliphatic rings. The first-order valence-electron chi connectivity index (χ1n) is 8.51. The normalized spacial score (nSPS) is 15.6. The quantitative estimate of drug-likeness (QED) is 0.753. The molecule has 0 saturated carbocycles. The number of carbonyl (C=O) groups is 2. The van der Waals surface area contributed by atoms with Crippen molar-refractivity contribution >= 4 is 23.6 Å². The van der Waals surface area contributed by atoms with E-state index in [1.165, 1.54) is 18.0 Å². The van der Waals surface area contributed by atoms with Crippen LogP contribution in [0.2, 0.25) is 0 Å². The molecule has 1 saturated heterocycles. The molecule has 0 spiro atoms. The van der Waals surface area contributed by atoms with Gasteiger partial charge in [-0.05, 0) is 43.3 Å². The van der Waals surface area contributed by atoms with Crippen LogP contribution < -0.4 is 4.74 Å². The molecule has 0 N–H and O–H groups in total. The molecular weight excluding hydrogens is 352 g/mol. The number of benzene rings is 1. The van der Waals surface area contributed by atoms with Crippen molar-refractivity contribution in [2.24, 2.45) is 0 Å².